The fourth-order valence-electron chi connectivity index (χ4n) is 7.20. The summed E-state index contributed by atoms with van der Waals surface area (Å²) in [4.78, 5) is 22.9. The van der Waals surface area contributed by atoms with Crippen molar-refractivity contribution in [2.24, 2.45) is 5.92 Å². The zero-order valence-corrected chi connectivity index (χ0v) is 38.1. The number of rotatable bonds is 16. The number of carbonyl (C=O) groups excluding carboxylic acids is 1. The van der Waals surface area contributed by atoms with Crippen LogP contribution in [0.15, 0.2) is 41.4 Å². The number of carbonyl (C=O) groups is 1. The van der Waals surface area contributed by atoms with E-state index in [0.29, 0.717) is 34.6 Å². The van der Waals surface area contributed by atoms with Crippen LogP contribution in [0.1, 0.15) is 131 Å². The summed E-state index contributed by atoms with van der Waals surface area (Å²) in [5, 5.41) is 3.80. The van der Waals surface area contributed by atoms with Crippen LogP contribution < -0.4 is 5.32 Å². The van der Waals surface area contributed by atoms with E-state index in [1.54, 1.807) is 18.5 Å². The van der Waals surface area contributed by atoms with Gasteiger partial charge in [0.1, 0.15) is 12.1 Å². The van der Waals surface area contributed by atoms with Crippen LogP contribution in [-0.4, -0.2) is 59.5 Å². The van der Waals surface area contributed by atoms with Crippen LogP contribution in [0.4, 0.5) is 5.82 Å². The summed E-state index contributed by atoms with van der Waals surface area (Å²) in [5.74, 6) is 0.694. The van der Waals surface area contributed by atoms with Gasteiger partial charge >= 0.3 is 0 Å². The second kappa shape index (κ2) is 16.2. The molecule has 2 aromatic heterocycles. The van der Waals surface area contributed by atoms with Gasteiger partial charge in [0.05, 0.1) is 24.0 Å². The summed E-state index contributed by atoms with van der Waals surface area (Å²) in [6.07, 6.45) is 6.08. The highest BCUT2D eigenvalue weighted by atomic mass is 28.4. The molecule has 0 unspecified atom stereocenters. The van der Waals surface area contributed by atoms with Crippen molar-refractivity contribution in [3.05, 3.63) is 53.9 Å². The Morgan fingerprint density at radius 1 is 0.961 bits per heavy atom. The smallest absolute Gasteiger partial charge is 0.233 e. The van der Waals surface area contributed by atoms with E-state index in [9.17, 15) is 4.79 Å². The first-order valence-corrected chi connectivity index (χ1v) is 27.1. The number of aromatic nitrogens is 2. The number of anilines is 1. The zero-order valence-electron chi connectivity index (χ0n) is 35.1. The van der Waals surface area contributed by atoms with Crippen LogP contribution in [0.25, 0.3) is 0 Å². The van der Waals surface area contributed by atoms with E-state index < -0.39 is 25.0 Å². The van der Waals surface area contributed by atoms with Gasteiger partial charge in [-0.25, -0.2) is 9.97 Å². The molecule has 2 aromatic rings. The van der Waals surface area contributed by atoms with Crippen molar-refractivity contribution < 1.29 is 22.5 Å². The average Bonchev–Trinajstić information content (AvgIpc) is 3.63. The van der Waals surface area contributed by atoms with E-state index in [4.69, 9.17) is 17.7 Å². The first-order chi connectivity index (χ1) is 23.2. The van der Waals surface area contributed by atoms with Crippen molar-refractivity contribution in [2.75, 3.05) is 11.9 Å². The van der Waals surface area contributed by atoms with E-state index >= 15 is 0 Å². The van der Waals surface area contributed by atoms with Gasteiger partial charge in [0.25, 0.3) is 0 Å². The van der Waals surface area contributed by atoms with Crippen molar-refractivity contribution in [2.45, 2.75) is 174 Å². The second-order valence-corrected chi connectivity index (χ2v) is 34.1. The van der Waals surface area contributed by atoms with Gasteiger partial charge in [0, 0.05) is 30.3 Å². The maximum absolute atomic E-state index is 14.0. The molecule has 4 atom stereocenters. The molecule has 51 heavy (non-hydrogen) atoms. The molecule has 11 heteroatoms. The predicted octanol–water partition coefficient (Wildman–Crippen LogP) is 11.7. The second-order valence-electron chi connectivity index (χ2n) is 19.1. The van der Waals surface area contributed by atoms with Gasteiger partial charge in [-0.15, -0.1) is 0 Å². The molecule has 1 aliphatic rings. The van der Waals surface area contributed by atoms with E-state index in [1.807, 2.05) is 6.92 Å². The Labute approximate surface area is 313 Å². The number of ketones is 1. The third-order valence-corrected chi connectivity index (χ3v) is 27.3. The highest BCUT2D eigenvalue weighted by Gasteiger charge is 2.50. The summed E-state index contributed by atoms with van der Waals surface area (Å²) in [6.45, 7) is 43.5. The number of hydrogen-bond donors (Lipinski definition) is 1. The first kappa shape index (κ1) is 43.5. The number of furan rings is 1. The van der Waals surface area contributed by atoms with Crippen molar-refractivity contribution >= 4 is 36.6 Å². The maximum Gasteiger partial charge on any atom is 0.233 e. The van der Waals surface area contributed by atoms with Gasteiger partial charge in [-0.3, -0.25) is 4.79 Å². The average molecular weight is 758 g/mol. The Morgan fingerprint density at radius 3 is 2.04 bits per heavy atom. The number of nitrogens with zero attached hydrogens (tertiary/aromatic N) is 2. The highest BCUT2D eigenvalue weighted by Crippen LogP contribution is 2.47. The van der Waals surface area contributed by atoms with Gasteiger partial charge < -0.3 is 23.0 Å². The molecule has 1 aliphatic carbocycles. The Bertz CT molecular complexity index is 1470. The molecule has 1 N–H and O–H groups in total. The summed E-state index contributed by atoms with van der Waals surface area (Å²) in [5.41, 5.74) is 3.47. The molecule has 3 rings (SSSR count). The molecule has 8 nitrogen and oxygen atoms in total. The molecule has 2 heterocycles. The molecule has 1 fully saturated rings. The lowest BCUT2D eigenvalue weighted by atomic mass is 10.1. The highest BCUT2D eigenvalue weighted by molar-refractivity contribution is 6.77. The molecule has 0 saturated heterocycles. The molecular formula is C40H71N3O5Si3. The molecule has 0 bridgehead atoms. The lowest BCUT2D eigenvalue weighted by Gasteiger charge is -2.45. The van der Waals surface area contributed by atoms with Crippen molar-refractivity contribution in [1.29, 1.82) is 0 Å². The molecule has 288 valence electrons. The van der Waals surface area contributed by atoms with Gasteiger partial charge in [-0.2, -0.15) is 0 Å². The maximum atomic E-state index is 14.0. The van der Waals surface area contributed by atoms with Crippen LogP contribution in [0.3, 0.4) is 0 Å². The monoisotopic (exact) mass is 757 g/mol. The number of hydrogen-bond acceptors (Lipinski definition) is 8. The Hall–Kier alpha value is -1.90. The van der Waals surface area contributed by atoms with Gasteiger partial charge in [-0.05, 0) is 84.3 Å². The lowest BCUT2D eigenvalue weighted by Crippen LogP contribution is -2.51. The van der Waals surface area contributed by atoms with Gasteiger partial charge in [0.15, 0.2) is 22.4 Å². The Kier molecular flexibility index (Phi) is 13.8. The zero-order chi connectivity index (χ0) is 38.9. The molecule has 0 radical (unpaired) electrons. The first-order valence-electron chi connectivity index (χ1n) is 19.1. The topological polar surface area (TPSA) is 95.7 Å². The van der Waals surface area contributed by atoms with Gasteiger partial charge in [0.2, 0.25) is 14.1 Å². The van der Waals surface area contributed by atoms with Gasteiger partial charge in [-0.1, -0.05) is 89.7 Å². The summed E-state index contributed by atoms with van der Waals surface area (Å²) in [6, 6.07) is 1.84. The van der Waals surface area contributed by atoms with Crippen molar-refractivity contribution in [3.8, 4) is 0 Å². The standard InChI is InChI=1S/C40H71N3O5Si3/c1-26(2)37(48-50(17,18)40(12,13)14)31-20-35(45-23-31)36(44)33-22-41-25-42-38(33)43-32-19-30(24-46-49(15,16)39(9,10)11)34(21-32)47-51(27(3)4,28(5)6)29(7)8/h20,22-23,25,27-30,32,34,37H,1,19,21,24H2,2-18H3,(H,41,42,43)/t30-,32-,34+,37-/m1/s1. The fraction of sp³-hybridized carbons (Fsp3) is 0.725. The Morgan fingerprint density at radius 2 is 1.53 bits per heavy atom. The van der Waals surface area contributed by atoms with E-state index in [1.165, 1.54) is 6.33 Å². The van der Waals surface area contributed by atoms with E-state index in [2.05, 4.69) is 131 Å². The molecule has 0 aliphatic heterocycles. The molecule has 0 amide bonds. The fourth-order valence-corrected chi connectivity index (χ4v) is 15.2. The normalized spacial score (nSPS) is 20.0. The molecule has 0 aromatic carbocycles. The van der Waals surface area contributed by atoms with Crippen LogP contribution in [0, 0.1) is 5.92 Å². The SMILES string of the molecule is C=C(C)[C@@H](O[Si](C)(C)C(C)(C)C)c1coc(C(=O)c2cncnc2N[C@@H]2C[C@H](CO[Si](C)(C)C(C)(C)C)[C@@H](O[Si](C(C)C)(C(C)C)C(C)C)C2)c1. The molecule has 1 saturated carbocycles. The van der Waals surface area contributed by atoms with Crippen molar-refractivity contribution in [1.82, 2.24) is 9.97 Å². The largest absolute Gasteiger partial charge is 0.460 e. The Balaban J connectivity index is 1.91. The van der Waals surface area contributed by atoms with Crippen molar-refractivity contribution in [3.63, 3.8) is 0 Å². The van der Waals surface area contributed by atoms with Crippen LogP contribution >= 0.6 is 0 Å². The van der Waals surface area contributed by atoms with Crippen LogP contribution in [-0.2, 0) is 13.3 Å². The van der Waals surface area contributed by atoms with Crippen LogP contribution in [0.2, 0.25) is 52.9 Å². The quantitative estimate of drug-likeness (QED) is 0.103. The minimum atomic E-state index is -2.16. The number of nitrogens with one attached hydrogen (secondary N) is 1. The van der Waals surface area contributed by atoms with Crippen LogP contribution in [0.5, 0.6) is 0 Å². The minimum absolute atomic E-state index is 0.0211. The summed E-state index contributed by atoms with van der Waals surface area (Å²) < 4.78 is 27.0. The third kappa shape index (κ3) is 9.81. The summed E-state index contributed by atoms with van der Waals surface area (Å²) >= 11 is 0. The van der Waals surface area contributed by atoms with E-state index in [0.717, 1.165) is 24.0 Å². The predicted molar refractivity (Wildman–Crippen MR) is 219 cm³/mol. The van der Waals surface area contributed by atoms with E-state index in [-0.39, 0.29) is 45.8 Å². The third-order valence-electron chi connectivity index (χ3n) is 12.3. The molecular weight excluding hydrogens is 687 g/mol. The summed E-state index contributed by atoms with van der Waals surface area (Å²) in [7, 11) is -6.26. The lowest BCUT2D eigenvalue weighted by molar-refractivity contribution is 0.0971. The minimum Gasteiger partial charge on any atom is -0.460 e. The molecule has 0 spiro atoms.